The van der Waals surface area contributed by atoms with E-state index >= 15 is 0 Å². The molecule has 35 heavy (non-hydrogen) atoms. The number of allylic oxidation sites excluding steroid dienone is 1. The summed E-state index contributed by atoms with van der Waals surface area (Å²) in [6.45, 7) is 5.17. The van der Waals surface area contributed by atoms with Crippen molar-refractivity contribution in [2.24, 2.45) is 0 Å². The van der Waals surface area contributed by atoms with Crippen LogP contribution in [0.1, 0.15) is 27.8 Å². The molecule has 0 fully saturated rings. The summed E-state index contributed by atoms with van der Waals surface area (Å²) in [6, 6.07) is 18.9. The van der Waals surface area contributed by atoms with Crippen LogP contribution in [0.2, 0.25) is 0 Å². The molecule has 7 heteroatoms. The number of anilines is 3. The van der Waals surface area contributed by atoms with Crippen LogP contribution in [0, 0.1) is 36.5 Å². The van der Waals surface area contributed by atoms with Crippen molar-refractivity contribution < 1.29 is 14.2 Å². The maximum Gasteiger partial charge on any atom is 0.135 e. The van der Waals surface area contributed by atoms with Crippen LogP contribution >= 0.6 is 0 Å². The molecule has 0 atom stereocenters. The maximum absolute atomic E-state index is 9.03. The molecule has 0 radical (unpaired) electrons. The predicted molar refractivity (Wildman–Crippen MR) is 137 cm³/mol. The summed E-state index contributed by atoms with van der Waals surface area (Å²) in [7, 11) is 1.63. The number of benzene rings is 3. The molecule has 0 heterocycles. The van der Waals surface area contributed by atoms with Crippen LogP contribution in [-0.4, -0.2) is 20.3 Å². The Morgan fingerprint density at radius 2 is 1.71 bits per heavy atom. The van der Waals surface area contributed by atoms with Gasteiger partial charge in [-0.15, -0.1) is 0 Å². The van der Waals surface area contributed by atoms with Crippen LogP contribution in [-0.2, 0) is 16.1 Å². The minimum atomic E-state index is 0.307. The number of hydrogen-bond donors (Lipinski definition) is 2. The molecular formula is C28H28N4O3. The first-order chi connectivity index (χ1) is 16.9. The minimum absolute atomic E-state index is 0.307. The Bertz CT molecular complexity index is 1260. The van der Waals surface area contributed by atoms with Crippen LogP contribution < -0.4 is 15.8 Å². The van der Waals surface area contributed by atoms with E-state index in [4.69, 9.17) is 30.5 Å². The van der Waals surface area contributed by atoms with Gasteiger partial charge in [0, 0.05) is 30.5 Å². The first-order valence-electron chi connectivity index (χ1n) is 11.1. The highest BCUT2D eigenvalue weighted by Crippen LogP contribution is 2.37. The molecule has 0 saturated heterocycles. The van der Waals surface area contributed by atoms with Gasteiger partial charge >= 0.3 is 0 Å². The Balaban J connectivity index is 1.96. The first kappa shape index (κ1) is 25.3. The number of nitrogens with zero attached hydrogens (tertiary/aromatic N) is 2. The normalized spacial score (nSPS) is 10.7. The van der Waals surface area contributed by atoms with Crippen molar-refractivity contribution >= 4 is 23.1 Å². The second-order valence-electron chi connectivity index (χ2n) is 7.96. The molecule has 3 aromatic rings. The van der Waals surface area contributed by atoms with Gasteiger partial charge in [0.15, 0.2) is 0 Å². The molecule has 7 nitrogen and oxygen atoms in total. The second kappa shape index (κ2) is 12.2. The SMILES string of the molecule is COCCOCc1cc(N)c(Nc2ccc(C#N)cc2)cc1Oc1c(C)cc(/C=C/C#N)cc1C. The molecule has 0 aliphatic heterocycles. The lowest BCUT2D eigenvalue weighted by Gasteiger charge is -2.19. The lowest BCUT2D eigenvalue weighted by molar-refractivity contribution is 0.0610. The fourth-order valence-electron chi connectivity index (χ4n) is 3.55. The third kappa shape index (κ3) is 6.84. The highest BCUT2D eigenvalue weighted by Gasteiger charge is 2.14. The molecule has 0 spiro atoms. The van der Waals surface area contributed by atoms with E-state index in [9.17, 15) is 0 Å². The zero-order valence-corrected chi connectivity index (χ0v) is 20.1. The number of nitrogens with one attached hydrogen (secondary N) is 1. The Morgan fingerprint density at radius 3 is 2.34 bits per heavy atom. The van der Waals surface area contributed by atoms with E-state index in [-0.39, 0.29) is 0 Å². The molecule has 0 aliphatic rings. The number of nitrogen functional groups attached to an aromatic ring is 1. The third-order valence-electron chi connectivity index (χ3n) is 5.26. The van der Waals surface area contributed by atoms with Gasteiger partial charge in [-0.3, -0.25) is 0 Å². The number of nitriles is 2. The monoisotopic (exact) mass is 468 g/mol. The van der Waals surface area contributed by atoms with Gasteiger partial charge in [-0.25, -0.2) is 0 Å². The largest absolute Gasteiger partial charge is 0.456 e. The molecule has 0 amide bonds. The van der Waals surface area contributed by atoms with Gasteiger partial charge in [0.1, 0.15) is 11.5 Å². The molecule has 0 aliphatic carbocycles. The lowest BCUT2D eigenvalue weighted by Crippen LogP contribution is -2.05. The molecule has 178 valence electrons. The maximum atomic E-state index is 9.03. The average molecular weight is 469 g/mol. The zero-order chi connectivity index (χ0) is 25.2. The summed E-state index contributed by atoms with van der Waals surface area (Å²) in [5, 5.41) is 21.2. The topological polar surface area (TPSA) is 113 Å². The van der Waals surface area contributed by atoms with E-state index in [2.05, 4.69) is 11.4 Å². The van der Waals surface area contributed by atoms with Gasteiger partial charge in [-0.1, -0.05) is 0 Å². The van der Waals surface area contributed by atoms with Crippen LogP contribution in [0.15, 0.2) is 54.6 Å². The van der Waals surface area contributed by atoms with Crippen molar-refractivity contribution in [2.75, 3.05) is 31.4 Å². The Hall–Kier alpha value is -4.30. The fourth-order valence-corrected chi connectivity index (χ4v) is 3.55. The van der Waals surface area contributed by atoms with Crippen molar-refractivity contribution in [1.82, 2.24) is 0 Å². The Labute approximate surface area is 206 Å². The van der Waals surface area contributed by atoms with E-state index in [1.165, 1.54) is 6.08 Å². The Kier molecular flexibility index (Phi) is 8.86. The summed E-state index contributed by atoms with van der Waals surface area (Å²) in [5.74, 6) is 1.34. The van der Waals surface area contributed by atoms with Crippen LogP contribution in [0.3, 0.4) is 0 Å². The highest BCUT2D eigenvalue weighted by atomic mass is 16.5. The number of nitrogens with two attached hydrogens (primary N) is 1. The number of aryl methyl sites for hydroxylation is 2. The molecule has 3 N–H and O–H groups in total. The average Bonchev–Trinajstić information content (AvgIpc) is 2.85. The minimum Gasteiger partial charge on any atom is -0.456 e. The van der Waals surface area contributed by atoms with Gasteiger partial charge in [0.2, 0.25) is 0 Å². The van der Waals surface area contributed by atoms with Crippen molar-refractivity contribution in [3.8, 4) is 23.6 Å². The highest BCUT2D eigenvalue weighted by molar-refractivity contribution is 5.76. The standard InChI is InChI=1S/C28H28N4O3/c1-19-13-22(5-4-10-29)14-20(2)28(19)35-27-16-26(32-24-8-6-21(17-30)7-9-24)25(31)15-23(27)18-34-12-11-33-3/h4-9,13-16,32H,11-12,18,31H2,1-3H3/b5-4+. The van der Waals surface area contributed by atoms with Gasteiger partial charge in [-0.2, -0.15) is 10.5 Å². The first-order valence-corrected chi connectivity index (χ1v) is 11.1. The number of methoxy groups -OCH3 is 1. The van der Waals surface area contributed by atoms with Crippen molar-refractivity contribution in [3.63, 3.8) is 0 Å². The smallest absolute Gasteiger partial charge is 0.135 e. The molecule has 0 aromatic heterocycles. The summed E-state index contributed by atoms with van der Waals surface area (Å²) in [5.41, 5.74) is 12.6. The zero-order valence-electron chi connectivity index (χ0n) is 20.1. The predicted octanol–water partition coefficient (Wildman–Crippen LogP) is 5.99. The number of ether oxygens (including phenoxy) is 3. The number of hydrogen-bond acceptors (Lipinski definition) is 7. The summed E-state index contributed by atoms with van der Waals surface area (Å²) < 4.78 is 17.2. The summed E-state index contributed by atoms with van der Waals surface area (Å²) >= 11 is 0. The van der Waals surface area contributed by atoms with E-state index in [1.54, 1.807) is 25.3 Å². The second-order valence-corrected chi connectivity index (χ2v) is 7.96. The van der Waals surface area contributed by atoms with Gasteiger partial charge in [0.05, 0.1) is 48.9 Å². The van der Waals surface area contributed by atoms with Crippen molar-refractivity contribution in [1.29, 1.82) is 10.5 Å². The fraction of sp³-hybridized carbons (Fsp3) is 0.214. The lowest BCUT2D eigenvalue weighted by atomic mass is 10.0. The van der Waals surface area contributed by atoms with E-state index in [0.717, 1.165) is 33.7 Å². The molecule has 0 bridgehead atoms. The van der Waals surface area contributed by atoms with Crippen LogP contribution in [0.5, 0.6) is 11.5 Å². The molecular weight excluding hydrogens is 440 g/mol. The summed E-state index contributed by atoms with van der Waals surface area (Å²) in [4.78, 5) is 0. The van der Waals surface area contributed by atoms with Crippen molar-refractivity contribution in [2.45, 2.75) is 20.5 Å². The van der Waals surface area contributed by atoms with E-state index < -0.39 is 0 Å². The summed E-state index contributed by atoms with van der Waals surface area (Å²) in [6.07, 6.45) is 3.22. The molecule has 3 aromatic carbocycles. The van der Waals surface area contributed by atoms with E-state index in [0.29, 0.717) is 42.5 Å². The van der Waals surface area contributed by atoms with Gasteiger partial charge in [-0.05, 0) is 79.1 Å². The third-order valence-corrected chi connectivity index (χ3v) is 5.26. The van der Waals surface area contributed by atoms with Gasteiger partial charge < -0.3 is 25.3 Å². The quantitative estimate of drug-likeness (QED) is 0.213. The van der Waals surface area contributed by atoms with Gasteiger partial charge in [0.25, 0.3) is 0 Å². The molecule has 0 saturated carbocycles. The Morgan fingerprint density at radius 1 is 1.00 bits per heavy atom. The molecule has 3 rings (SSSR count). The van der Waals surface area contributed by atoms with E-state index in [1.807, 2.05) is 56.3 Å². The van der Waals surface area contributed by atoms with Crippen molar-refractivity contribution in [3.05, 3.63) is 82.4 Å². The number of rotatable bonds is 10. The van der Waals surface area contributed by atoms with Crippen LogP contribution in [0.25, 0.3) is 6.08 Å². The van der Waals surface area contributed by atoms with Crippen LogP contribution in [0.4, 0.5) is 17.1 Å². The molecule has 0 unspecified atom stereocenters.